The molecule has 1 unspecified atom stereocenters. The van der Waals surface area contributed by atoms with Crippen molar-refractivity contribution in [3.05, 3.63) is 0 Å². The molecule has 0 heterocycles. The van der Waals surface area contributed by atoms with Gasteiger partial charge in [-0.1, -0.05) is 27.7 Å². The van der Waals surface area contributed by atoms with Gasteiger partial charge in [0.1, 0.15) is 0 Å². The second-order valence-corrected chi connectivity index (χ2v) is 5.74. The number of carbonyl (C=O) groups excluding carboxylic acids is 2. The Balaban J connectivity index is 4.01. The van der Waals surface area contributed by atoms with Gasteiger partial charge in [0.15, 0.2) is 0 Å². The third-order valence-corrected chi connectivity index (χ3v) is 2.37. The van der Waals surface area contributed by atoms with Gasteiger partial charge in [-0.25, -0.2) is 0 Å². The van der Waals surface area contributed by atoms with Crippen LogP contribution in [-0.4, -0.2) is 36.1 Å². The van der Waals surface area contributed by atoms with Crippen LogP contribution in [0.15, 0.2) is 0 Å². The molecule has 5 heteroatoms. The summed E-state index contributed by atoms with van der Waals surface area (Å²) in [6.07, 6.45) is 1.88. The molecule has 0 aromatic carbocycles. The number of nitrogens with one attached hydrogen (secondary N) is 2. The molecule has 0 aromatic heterocycles. The molecule has 0 rings (SSSR count). The molecule has 5 nitrogen and oxygen atoms in total. The molecule has 0 fully saturated rings. The van der Waals surface area contributed by atoms with Crippen molar-refractivity contribution in [2.75, 3.05) is 13.2 Å². The highest BCUT2D eigenvalue weighted by Crippen LogP contribution is 2.20. The molecule has 0 spiro atoms. The van der Waals surface area contributed by atoms with Crippen LogP contribution in [0.25, 0.3) is 0 Å². The zero-order chi connectivity index (χ0) is 14.2. The number of hydrogen-bond acceptors (Lipinski definition) is 3. The fourth-order valence-electron chi connectivity index (χ4n) is 1.67. The molecular weight excluding hydrogens is 232 g/mol. The van der Waals surface area contributed by atoms with E-state index in [0.717, 1.165) is 6.42 Å². The van der Waals surface area contributed by atoms with Crippen molar-refractivity contribution in [3.63, 3.8) is 0 Å². The Kier molecular flexibility index (Phi) is 7.59. The molecule has 0 aromatic rings. The van der Waals surface area contributed by atoms with Gasteiger partial charge < -0.3 is 15.7 Å². The maximum absolute atomic E-state index is 11.6. The van der Waals surface area contributed by atoms with E-state index in [1.54, 1.807) is 0 Å². The largest absolute Gasteiger partial charge is 0.394 e. The summed E-state index contributed by atoms with van der Waals surface area (Å²) in [6, 6.07) is -0.263. The van der Waals surface area contributed by atoms with E-state index >= 15 is 0 Å². The SMILES string of the molecule is CCCC(=O)NCC(=O)NC(CO)CC(C)(C)C. The van der Waals surface area contributed by atoms with Crippen molar-refractivity contribution < 1.29 is 14.7 Å². The van der Waals surface area contributed by atoms with Gasteiger partial charge in [-0.2, -0.15) is 0 Å². The summed E-state index contributed by atoms with van der Waals surface area (Å²) in [7, 11) is 0. The minimum atomic E-state index is -0.263. The second kappa shape index (κ2) is 8.08. The van der Waals surface area contributed by atoms with E-state index in [-0.39, 0.29) is 36.4 Å². The van der Waals surface area contributed by atoms with Gasteiger partial charge >= 0.3 is 0 Å². The van der Waals surface area contributed by atoms with Crippen molar-refractivity contribution in [1.29, 1.82) is 0 Å². The van der Waals surface area contributed by atoms with Gasteiger partial charge in [-0.05, 0) is 18.3 Å². The Bertz CT molecular complexity index is 272. The minimum absolute atomic E-state index is 0.0283. The number of carbonyl (C=O) groups is 2. The molecule has 0 radical (unpaired) electrons. The summed E-state index contributed by atoms with van der Waals surface area (Å²) < 4.78 is 0. The van der Waals surface area contributed by atoms with E-state index in [2.05, 4.69) is 10.6 Å². The Morgan fingerprint density at radius 2 is 1.83 bits per heavy atom. The van der Waals surface area contributed by atoms with Gasteiger partial charge in [-0.3, -0.25) is 9.59 Å². The number of aliphatic hydroxyl groups is 1. The monoisotopic (exact) mass is 258 g/mol. The molecule has 2 amide bonds. The van der Waals surface area contributed by atoms with Crippen LogP contribution in [-0.2, 0) is 9.59 Å². The third-order valence-electron chi connectivity index (χ3n) is 2.37. The van der Waals surface area contributed by atoms with Crippen molar-refractivity contribution >= 4 is 11.8 Å². The zero-order valence-corrected chi connectivity index (χ0v) is 11.9. The summed E-state index contributed by atoms with van der Waals surface area (Å²) in [5, 5.41) is 14.5. The quantitative estimate of drug-likeness (QED) is 0.632. The molecule has 0 saturated heterocycles. The fraction of sp³-hybridized carbons (Fsp3) is 0.846. The van der Waals surface area contributed by atoms with Gasteiger partial charge in [0.2, 0.25) is 11.8 Å². The predicted molar refractivity (Wildman–Crippen MR) is 71.0 cm³/mol. The molecule has 1 atom stereocenters. The van der Waals surface area contributed by atoms with E-state index in [0.29, 0.717) is 12.8 Å². The van der Waals surface area contributed by atoms with Crippen LogP contribution < -0.4 is 10.6 Å². The first-order valence-electron chi connectivity index (χ1n) is 6.45. The molecule has 0 saturated carbocycles. The van der Waals surface area contributed by atoms with Gasteiger partial charge in [0.05, 0.1) is 19.2 Å². The summed E-state index contributed by atoms with van der Waals surface area (Å²) in [4.78, 5) is 22.8. The maximum Gasteiger partial charge on any atom is 0.239 e. The smallest absolute Gasteiger partial charge is 0.239 e. The van der Waals surface area contributed by atoms with Crippen molar-refractivity contribution in [3.8, 4) is 0 Å². The lowest BCUT2D eigenvalue weighted by Gasteiger charge is -2.25. The van der Waals surface area contributed by atoms with Gasteiger partial charge in [-0.15, -0.1) is 0 Å². The Morgan fingerprint density at radius 3 is 2.28 bits per heavy atom. The molecular formula is C13H26N2O3. The molecule has 0 aliphatic rings. The van der Waals surface area contributed by atoms with Crippen LogP contribution in [0, 0.1) is 5.41 Å². The fourth-order valence-corrected chi connectivity index (χ4v) is 1.67. The normalized spacial score (nSPS) is 12.9. The van der Waals surface area contributed by atoms with Crippen LogP contribution in [0.5, 0.6) is 0 Å². The number of amides is 2. The number of aliphatic hydroxyl groups excluding tert-OH is 1. The van der Waals surface area contributed by atoms with Gasteiger partial charge in [0.25, 0.3) is 0 Å². The average Bonchev–Trinajstić information content (AvgIpc) is 2.24. The lowest BCUT2D eigenvalue weighted by atomic mass is 9.88. The lowest BCUT2D eigenvalue weighted by Crippen LogP contribution is -2.44. The van der Waals surface area contributed by atoms with Crippen molar-refractivity contribution in [2.24, 2.45) is 5.41 Å². The summed E-state index contributed by atoms with van der Waals surface area (Å²) in [5.74, 6) is -0.383. The van der Waals surface area contributed by atoms with E-state index in [4.69, 9.17) is 0 Å². The molecule has 18 heavy (non-hydrogen) atoms. The Morgan fingerprint density at radius 1 is 1.22 bits per heavy atom. The Hall–Kier alpha value is -1.10. The maximum atomic E-state index is 11.6. The minimum Gasteiger partial charge on any atom is -0.394 e. The number of hydrogen-bond donors (Lipinski definition) is 3. The van der Waals surface area contributed by atoms with E-state index < -0.39 is 0 Å². The highest BCUT2D eigenvalue weighted by molar-refractivity contribution is 5.84. The predicted octanol–water partition coefficient (Wildman–Crippen LogP) is 0.816. The lowest BCUT2D eigenvalue weighted by molar-refractivity contribution is -0.126. The Labute approximate surface area is 109 Å². The summed E-state index contributed by atoms with van der Waals surface area (Å²) in [5.41, 5.74) is 0.0339. The molecule has 0 aliphatic heterocycles. The average molecular weight is 258 g/mol. The molecule has 3 N–H and O–H groups in total. The topological polar surface area (TPSA) is 78.4 Å². The highest BCUT2D eigenvalue weighted by atomic mass is 16.3. The standard InChI is InChI=1S/C13H26N2O3/c1-5-6-11(17)14-8-12(18)15-10(9-16)7-13(2,3)4/h10,16H,5-9H2,1-4H3,(H,14,17)(H,15,18). The van der Waals surface area contributed by atoms with E-state index in [1.165, 1.54) is 0 Å². The van der Waals surface area contributed by atoms with Gasteiger partial charge in [0, 0.05) is 6.42 Å². The summed E-state index contributed by atoms with van der Waals surface area (Å²) >= 11 is 0. The highest BCUT2D eigenvalue weighted by Gasteiger charge is 2.19. The summed E-state index contributed by atoms with van der Waals surface area (Å²) in [6.45, 7) is 7.93. The van der Waals surface area contributed by atoms with Crippen LogP contribution in [0.1, 0.15) is 47.0 Å². The van der Waals surface area contributed by atoms with Crippen molar-refractivity contribution in [1.82, 2.24) is 10.6 Å². The van der Waals surface area contributed by atoms with Crippen LogP contribution in [0.4, 0.5) is 0 Å². The first-order chi connectivity index (χ1) is 8.28. The van der Waals surface area contributed by atoms with E-state index in [9.17, 15) is 14.7 Å². The van der Waals surface area contributed by atoms with Crippen molar-refractivity contribution in [2.45, 2.75) is 53.0 Å². The first kappa shape index (κ1) is 16.9. The van der Waals surface area contributed by atoms with E-state index in [1.807, 2.05) is 27.7 Å². The second-order valence-electron chi connectivity index (χ2n) is 5.74. The van der Waals surface area contributed by atoms with Crippen LogP contribution >= 0.6 is 0 Å². The first-order valence-corrected chi connectivity index (χ1v) is 6.45. The molecule has 0 bridgehead atoms. The van der Waals surface area contributed by atoms with Crippen LogP contribution in [0.2, 0.25) is 0 Å². The third kappa shape index (κ3) is 8.98. The molecule has 0 aliphatic carbocycles. The molecule has 106 valence electrons. The van der Waals surface area contributed by atoms with Crippen LogP contribution in [0.3, 0.4) is 0 Å². The zero-order valence-electron chi connectivity index (χ0n) is 11.9. The number of rotatable bonds is 7.